The van der Waals surface area contributed by atoms with Gasteiger partial charge in [0, 0.05) is 22.3 Å². The molecule has 0 saturated heterocycles. The van der Waals surface area contributed by atoms with Crippen LogP contribution in [0.3, 0.4) is 0 Å². The van der Waals surface area contributed by atoms with E-state index in [1.54, 1.807) is 22.0 Å². The maximum atomic E-state index is 12.2. The zero-order valence-electron chi connectivity index (χ0n) is 15.8. The average Bonchev–Trinajstić information content (AvgIpc) is 3.44. The number of pyridine rings is 1. The van der Waals surface area contributed by atoms with Crippen LogP contribution in [0.5, 0.6) is 0 Å². The summed E-state index contributed by atoms with van der Waals surface area (Å²) in [6, 6.07) is 20.9. The number of aromatic nitrogens is 5. The largest absolute Gasteiger partial charge is 0.326 e. The molecule has 0 bridgehead atoms. The molecular weight excluding hydrogens is 396 g/mol. The van der Waals surface area contributed by atoms with Crippen molar-refractivity contribution in [2.24, 2.45) is 0 Å². The van der Waals surface area contributed by atoms with Crippen molar-refractivity contribution in [2.75, 3.05) is 5.32 Å². The fraction of sp³-hybridized carbons (Fsp3) is 0.0455. The Balaban J connectivity index is 1.38. The number of nitrogens with one attached hydrogen (secondary N) is 1. The van der Waals surface area contributed by atoms with Crippen LogP contribution in [0.15, 0.2) is 78.3 Å². The van der Waals surface area contributed by atoms with E-state index in [1.165, 1.54) is 0 Å². The molecule has 0 fully saturated rings. The summed E-state index contributed by atoms with van der Waals surface area (Å²) in [6.07, 6.45) is 2.09. The number of carbonyl (C=O) groups excluding carboxylic acids is 1. The predicted molar refractivity (Wildman–Crippen MR) is 116 cm³/mol. The smallest absolute Gasteiger partial charge is 0.229 e. The second-order valence-electron chi connectivity index (χ2n) is 6.61. The summed E-state index contributed by atoms with van der Waals surface area (Å²) in [5.41, 5.74) is 3.81. The molecule has 0 saturated carbocycles. The summed E-state index contributed by atoms with van der Waals surface area (Å²) in [5, 5.41) is 18.0. The molecule has 0 unspecified atom stereocenters. The SMILES string of the molecule is O=C(Cc1cccs1)Nc1ccc(-c2ccc3nnc(-c4ccccn4)n3n2)cc1. The molecule has 0 radical (unpaired) electrons. The van der Waals surface area contributed by atoms with E-state index in [0.29, 0.717) is 23.6 Å². The van der Waals surface area contributed by atoms with Crippen molar-refractivity contribution in [3.8, 4) is 22.8 Å². The third-order valence-electron chi connectivity index (χ3n) is 4.54. The Kier molecular flexibility index (Phi) is 4.74. The number of benzene rings is 1. The van der Waals surface area contributed by atoms with Crippen molar-refractivity contribution in [3.63, 3.8) is 0 Å². The fourth-order valence-electron chi connectivity index (χ4n) is 3.10. The van der Waals surface area contributed by atoms with E-state index in [1.807, 2.05) is 72.1 Å². The van der Waals surface area contributed by atoms with Crippen molar-refractivity contribution in [1.82, 2.24) is 24.8 Å². The highest BCUT2D eigenvalue weighted by atomic mass is 32.1. The Morgan fingerprint density at radius 3 is 2.60 bits per heavy atom. The number of carbonyl (C=O) groups is 1. The van der Waals surface area contributed by atoms with E-state index in [0.717, 1.165) is 21.8 Å². The van der Waals surface area contributed by atoms with E-state index >= 15 is 0 Å². The van der Waals surface area contributed by atoms with Crippen LogP contribution in [-0.4, -0.2) is 30.7 Å². The average molecular weight is 412 g/mol. The second-order valence-corrected chi connectivity index (χ2v) is 7.64. The third-order valence-corrected chi connectivity index (χ3v) is 5.41. The highest BCUT2D eigenvalue weighted by Gasteiger charge is 2.12. The molecule has 1 amide bonds. The Hall–Kier alpha value is -3.91. The molecular formula is C22H16N6OS. The summed E-state index contributed by atoms with van der Waals surface area (Å²) >= 11 is 1.58. The molecule has 5 aromatic rings. The number of fused-ring (bicyclic) bond motifs is 1. The van der Waals surface area contributed by atoms with Crippen molar-refractivity contribution in [1.29, 1.82) is 0 Å². The molecule has 0 aliphatic carbocycles. The van der Waals surface area contributed by atoms with E-state index in [-0.39, 0.29) is 5.91 Å². The standard InChI is InChI=1S/C22H16N6OS/c29-21(14-17-4-3-13-30-17)24-16-8-6-15(7-9-16)18-10-11-20-25-26-22(28(20)27-18)19-5-1-2-12-23-19/h1-13H,14H2,(H,24,29). The van der Waals surface area contributed by atoms with Gasteiger partial charge in [-0.2, -0.15) is 9.61 Å². The quantitative estimate of drug-likeness (QED) is 0.470. The van der Waals surface area contributed by atoms with Gasteiger partial charge in [-0.1, -0.05) is 24.3 Å². The number of thiophene rings is 1. The fourth-order valence-corrected chi connectivity index (χ4v) is 3.80. The van der Waals surface area contributed by atoms with Gasteiger partial charge in [-0.25, -0.2) is 0 Å². The molecule has 0 spiro atoms. The molecule has 8 heteroatoms. The first-order chi connectivity index (χ1) is 14.8. The molecule has 4 aromatic heterocycles. The predicted octanol–water partition coefficient (Wildman–Crippen LogP) is 4.10. The van der Waals surface area contributed by atoms with Crippen LogP contribution in [0.25, 0.3) is 28.4 Å². The first-order valence-electron chi connectivity index (χ1n) is 9.33. The Morgan fingerprint density at radius 1 is 0.933 bits per heavy atom. The van der Waals surface area contributed by atoms with Crippen LogP contribution >= 0.6 is 11.3 Å². The first-order valence-corrected chi connectivity index (χ1v) is 10.2. The minimum Gasteiger partial charge on any atom is -0.326 e. The van der Waals surface area contributed by atoms with Crippen LogP contribution in [-0.2, 0) is 11.2 Å². The monoisotopic (exact) mass is 412 g/mol. The van der Waals surface area contributed by atoms with Crippen molar-refractivity contribution in [3.05, 3.63) is 83.2 Å². The summed E-state index contributed by atoms with van der Waals surface area (Å²) in [6.45, 7) is 0. The highest BCUT2D eigenvalue weighted by molar-refractivity contribution is 7.10. The van der Waals surface area contributed by atoms with Gasteiger partial charge in [-0.15, -0.1) is 21.5 Å². The number of amides is 1. The minimum absolute atomic E-state index is 0.0331. The van der Waals surface area contributed by atoms with Crippen LogP contribution in [0.2, 0.25) is 0 Å². The van der Waals surface area contributed by atoms with Crippen LogP contribution in [0.1, 0.15) is 4.88 Å². The molecule has 30 heavy (non-hydrogen) atoms. The molecule has 0 aliphatic heterocycles. The van der Waals surface area contributed by atoms with Crippen molar-refractivity contribution >= 4 is 28.6 Å². The number of rotatable bonds is 5. The molecule has 146 valence electrons. The number of hydrogen-bond donors (Lipinski definition) is 1. The van der Waals surface area contributed by atoms with Gasteiger partial charge >= 0.3 is 0 Å². The molecule has 7 nitrogen and oxygen atoms in total. The number of hydrogen-bond acceptors (Lipinski definition) is 6. The third kappa shape index (κ3) is 3.68. The lowest BCUT2D eigenvalue weighted by Gasteiger charge is -2.07. The second kappa shape index (κ2) is 7.84. The van der Waals surface area contributed by atoms with Crippen molar-refractivity contribution < 1.29 is 4.79 Å². The lowest BCUT2D eigenvalue weighted by Crippen LogP contribution is -2.13. The lowest BCUT2D eigenvalue weighted by atomic mass is 10.1. The maximum absolute atomic E-state index is 12.2. The molecule has 0 aliphatic rings. The highest BCUT2D eigenvalue weighted by Crippen LogP contribution is 2.22. The van der Waals surface area contributed by atoms with Crippen LogP contribution in [0, 0.1) is 0 Å². The van der Waals surface area contributed by atoms with E-state index < -0.39 is 0 Å². The Bertz CT molecular complexity index is 1300. The zero-order chi connectivity index (χ0) is 20.3. The Labute approximate surface area is 176 Å². The first kappa shape index (κ1) is 18.1. The molecule has 1 aromatic carbocycles. The summed E-state index contributed by atoms with van der Waals surface area (Å²) < 4.78 is 1.69. The van der Waals surface area contributed by atoms with Gasteiger partial charge in [0.15, 0.2) is 5.65 Å². The molecule has 0 atom stereocenters. The van der Waals surface area contributed by atoms with Crippen LogP contribution in [0.4, 0.5) is 5.69 Å². The van der Waals surface area contributed by atoms with Gasteiger partial charge in [0.25, 0.3) is 0 Å². The Morgan fingerprint density at radius 2 is 1.83 bits per heavy atom. The minimum atomic E-state index is -0.0331. The molecule has 5 rings (SSSR count). The maximum Gasteiger partial charge on any atom is 0.229 e. The van der Waals surface area contributed by atoms with E-state index in [4.69, 9.17) is 0 Å². The van der Waals surface area contributed by atoms with Crippen molar-refractivity contribution in [2.45, 2.75) is 6.42 Å². The van der Waals surface area contributed by atoms with Gasteiger partial charge in [-0.05, 0) is 47.8 Å². The van der Waals surface area contributed by atoms with Gasteiger partial charge in [0.05, 0.1) is 12.1 Å². The summed E-state index contributed by atoms with van der Waals surface area (Å²) in [7, 11) is 0. The van der Waals surface area contributed by atoms with Gasteiger partial charge < -0.3 is 5.32 Å². The lowest BCUT2D eigenvalue weighted by molar-refractivity contribution is -0.115. The van der Waals surface area contributed by atoms with Gasteiger partial charge in [-0.3, -0.25) is 9.78 Å². The number of anilines is 1. The van der Waals surface area contributed by atoms with Crippen LogP contribution < -0.4 is 5.32 Å². The van der Waals surface area contributed by atoms with Gasteiger partial charge in [0.2, 0.25) is 11.7 Å². The summed E-state index contributed by atoms with van der Waals surface area (Å²) in [4.78, 5) is 17.6. The summed E-state index contributed by atoms with van der Waals surface area (Å²) in [5.74, 6) is 0.555. The molecule has 1 N–H and O–H groups in total. The zero-order valence-corrected chi connectivity index (χ0v) is 16.6. The normalized spacial score (nSPS) is 10.9. The number of nitrogens with zero attached hydrogens (tertiary/aromatic N) is 5. The molecule has 4 heterocycles. The van der Waals surface area contributed by atoms with E-state index in [9.17, 15) is 4.79 Å². The topological polar surface area (TPSA) is 85.1 Å². The van der Waals surface area contributed by atoms with E-state index in [2.05, 4.69) is 25.6 Å². The van der Waals surface area contributed by atoms with Gasteiger partial charge in [0.1, 0.15) is 5.69 Å².